The molecule has 0 atom stereocenters. The minimum absolute atomic E-state index is 0.215. The van der Waals surface area contributed by atoms with E-state index in [1.165, 1.54) is 22.7 Å². The molecule has 0 aliphatic carbocycles. The maximum atomic E-state index is 12.1. The van der Waals surface area contributed by atoms with Gasteiger partial charge in [-0.1, -0.05) is 29.8 Å². The zero-order valence-corrected chi connectivity index (χ0v) is 14.0. The van der Waals surface area contributed by atoms with E-state index in [1.54, 1.807) is 12.1 Å². The van der Waals surface area contributed by atoms with Crippen LogP contribution >= 0.6 is 34.3 Å². The van der Waals surface area contributed by atoms with Gasteiger partial charge in [0.1, 0.15) is 11.3 Å². The Morgan fingerprint density at radius 3 is 2.87 bits per heavy atom. The highest BCUT2D eigenvalue weighted by Crippen LogP contribution is 2.30. The molecule has 0 spiro atoms. The number of anilines is 1. The largest absolute Gasteiger partial charge is 0.454 e. The molecular formula is C16H9ClN2O2S2. The van der Waals surface area contributed by atoms with Crippen molar-refractivity contribution in [1.29, 1.82) is 0 Å². The number of furan rings is 1. The van der Waals surface area contributed by atoms with Gasteiger partial charge in [-0.25, -0.2) is 4.98 Å². The third-order valence-electron chi connectivity index (χ3n) is 3.20. The predicted octanol–water partition coefficient (Wildman–Crippen LogP) is 5.52. The average molecular weight is 361 g/mol. The molecular weight excluding hydrogens is 352 g/mol. The number of thiazole rings is 1. The third-order valence-corrected chi connectivity index (χ3v) is 5.19. The molecule has 3 heterocycles. The number of halogens is 1. The Bertz CT molecular complexity index is 969. The van der Waals surface area contributed by atoms with Gasteiger partial charge in [0.05, 0.1) is 9.21 Å². The van der Waals surface area contributed by atoms with Crippen LogP contribution in [0.1, 0.15) is 9.67 Å². The number of aromatic nitrogens is 1. The summed E-state index contributed by atoms with van der Waals surface area (Å²) in [7, 11) is 0. The summed E-state index contributed by atoms with van der Waals surface area (Å²) < 4.78 is 6.36. The van der Waals surface area contributed by atoms with E-state index in [1.807, 2.05) is 35.7 Å². The second-order valence-corrected chi connectivity index (χ2v) is 7.32. The zero-order chi connectivity index (χ0) is 15.8. The number of benzene rings is 1. The topological polar surface area (TPSA) is 55.1 Å². The molecule has 0 aliphatic heterocycles. The number of carbonyl (C=O) groups is 1. The number of nitrogens with one attached hydrogen (secondary N) is 1. The number of hydrogen-bond acceptors (Lipinski definition) is 5. The number of rotatable bonds is 3. The number of nitrogens with zero attached hydrogens (tertiary/aromatic N) is 1. The van der Waals surface area contributed by atoms with Crippen LogP contribution < -0.4 is 5.32 Å². The molecule has 0 fully saturated rings. The minimum atomic E-state index is -0.215. The number of fused-ring (bicyclic) bond motifs is 1. The van der Waals surface area contributed by atoms with Crippen LogP contribution in [-0.4, -0.2) is 10.9 Å². The molecule has 0 radical (unpaired) electrons. The lowest BCUT2D eigenvalue weighted by atomic mass is 10.2. The Hall–Kier alpha value is -2.15. The van der Waals surface area contributed by atoms with E-state index >= 15 is 0 Å². The van der Waals surface area contributed by atoms with Gasteiger partial charge in [-0.3, -0.25) is 10.1 Å². The van der Waals surface area contributed by atoms with Crippen molar-refractivity contribution in [3.8, 4) is 11.5 Å². The fourth-order valence-corrected chi connectivity index (χ4v) is 3.78. The lowest BCUT2D eigenvalue weighted by Gasteiger charge is -1.97. The van der Waals surface area contributed by atoms with Gasteiger partial charge in [0.2, 0.25) is 0 Å². The Morgan fingerprint density at radius 1 is 1.22 bits per heavy atom. The van der Waals surface area contributed by atoms with Crippen LogP contribution in [0.15, 0.2) is 52.3 Å². The van der Waals surface area contributed by atoms with Crippen LogP contribution in [0.3, 0.4) is 0 Å². The van der Waals surface area contributed by atoms with E-state index in [2.05, 4.69) is 10.3 Å². The molecule has 23 heavy (non-hydrogen) atoms. The van der Waals surface area contributed by atoms with Crippen molar-refractivity contribution in [2.75, 3.05) is 5.32 Å². The first-order valence-electron chi connectivity index (χ1n) is 6.70. The van der Waals surface area contributed by atoms with Gasteiger partial charge in [-0.15, -0.1) is 22.7 Å². The van der Waals surface area contributed by atoms with Gasteiger partial charge in [0.25, 0.3) is 5.91 Å². The molecule has 3 aromatic heterocycles. The van der Waals surface area contributed by atoms with Crippen LogP contribution in [0.5, 0.6) is 0 Å². The normalized spacial score (nSPS) is 11.0. The summed E-state index contributed by atoms with van der Waals surface area (Å²) in [5.74, 6) is 0.467. The molecule has 1 amide bonds. The molecule has 4 nitrogen and oxygen atoms in total. The molecule has 4 rings (SSSR count). The molecule has 0 aliphatic rings. The molecule has 0 saturated carbocycles. The molecule has 0 unspecified atom stereocenters. The Kier molecular flexibility index (Phi) is 3.65. The highest BCUT2D eigenvalue weighted by molar-refractivity contribution is 7.18. The predicted molar refractivity (Wildman–Crippen MR) is 94.6 cm³/mol. The van der Waals surface area contributed by atoms with E-state index < -0.39 is 0 Å². The van der Waals surface area contributed by atoms with Crippen LogP contribution in [0.2, 0.25) is 4.34 Å². The van der Waals surface area contributed by atoms with Crippen molar-refractivity contribution < 1.29 is 9.21 Å². The van der Waals surface area contributed by atoms with Gasteiger partial charge in [-0.2, -0.15) is 0 Å². The van der Waals surface area contributed by atoms with Crippen LogP contribution in [-0.2, 0) is 0 Å². The highest BCUT2D eigenvalue weighted by atomic mass is 35.5. The first-order chi connectivity index (χ1) is 11.2. The van der Waals surface area contributed by atoms with E-state index in [0.29, 0.717) is 25.8 Å². The summed E-state index contributed by atoms with van der Waals surface area (Å²) >= 11 is 8.43. The third kappa shape index (κ3) is 2.88. The van der Waals surface area contributed by atoms with Gasteiger partial charge in [0, 0.05) is 10.8 Å². The van der Waals surface area contributed by atoms with Gasteiger partial charge < -0.3 is 4.42 Å². The average Bonchev–Trinajstić information content (AvgIpc) is 3.25. The number of thiophene rings is 1. The van der Waals surface area contributed by atoms with Crippen LogP contribution in [0, 0.1) is 0 Å². The highest BCUT2D eigenvalue weighted by Gasteiger charge is 2.14. The molecule has 1 N–H and O–H groups in total. The van der Waals surface area contributed by atoms with Crippen molar-refractivity contribution in [3.63, 3.8) is 0 Å². The standard InChI is InChI=1S/C16H9ClN2O2S2/c17-14-6-5-13(23-14)15(20)19-16-18-10(8-22-16)12-7-9-3-1-2-4-11(9)21-12/h1-8H,(H,18,19,20). The Balaban J connectivity index is 1.57. The van der Waals surface area contributed by atoms with Crippen molar-refractivity contribution >= 4 is 56.3 Å². The fourth-order valence-electron chi connectivity index (χ4n) is 2.15. The second kappa shape index (κ2) is 5.81. The maximum absolute atomic E-state index is 12.1. The molecule has 7 heteroatoms. The summed E-state index contributed by atoms with van der Waals surface area (Å²) in [6.07, 6.45) is 0. The van der Waals surface area contributed by atoms with Crippen molar-refractivity contribution in [2.24, 2.45) is 0 Å². The maximum Gasteiger partial charge on any atom is 0.267 e. The van der Waals surface area contributed by atoms with Crippen LogP contribution in [0.25, 0.3) is 22.4 Å². The first-order valence-corrected chi connectivity index (χ1v) is 8.77. The molecule has 0 bridgehead atoms. The summed E-state index contributed by atoms with van der Waals surface area (Å²) in [4.78, 5) is 17.1. The first kappa shape index (κ1) is 14.4. The van der Waals surface area contributed by atoms with Crippen molar-refractivity contribution in [1.82, 2.24) is 4.98 Å². The van der Waals surface area contributed by atoms with Crippen molar-refractivity contribution in [2.45, 2.75) is 0 Å². The molecule has 114 valence electrons. The Labute approximate surface area is 144 Å². The van der Waals surface area contributed by atoms with E-state index in [0.717, 1.165) is 11.0 Å². The molecule has 4 aromatic rings. The van der Waals surface area contributed by atoms with Crippen LogP contribution in [0.4, 0.5) is 5.13 Å². The van der Waals surface area contributed by atoms with Crippen molar-refractivity contribution in [3.05, 3.63) is 57.1 Å². The van der Waals surface area contributed by atoms with Gasteiger partial charge in [0.15, 0.2) is 10.9 Å². The summed E-state index contributed by atoms with van der Waals surface area (Å²) in [6.45, 7) is 0. The number of para-hydroxylation sites is 1. The monoisotopic (exact) mass is 360 g/mol. The summed E-state index contributed by atoms with van der Waals surface area (Å²) in [6, 6.07) is 13.1. The molecule has 1 aromatic carbocycles. The quantitative estimate of drug-likeness (QED) is 0.523. The Morgan fingerprint density at radius 2 is 2.09 bits per heavy atom. The second-order valence-electron chi connectivity index (χ2n) is 4.74. The van der Waals surface area contributed by atoms with Gasteiger partial charge in [-0.05, 0) is 24.3 Å². The summed E-state index contributed by atoms with van der Waals surface area (Å²) in [5, 5.41) is 6.18. The fraction of sp³-hybridized carbons (Fsp3) is 0. The SMILES string of the molecule is O=C(Nc1nc(-c2cc3ccccc3o2)cs1)c1ccc(Cl)s1. The molecule has 0 saturated heterocycles. The number of hydrogen-bond donors (Lipinski definition) is 1. The van der Waals surface area contributed by atoms with E-state index in [4.69, 9.17) is 16.0 Å². The zero-order valence-electron chi connectivity index (χ0n) is 11.6. The smallest absolute Gasteiger partial charge is 0.267 e. The van der Waals surface area contributed by atoms with E-state index in [9.17, 15) is 4.79 Å². The lowest BCUT2D eigenvalue weighted by molar-refractivity contribution is 0.103. The van der Waals surface area contributed by atoms with E-state index in [-0.39, 0.29) is 5.91 Å². The summed E-state index contributed by atoms with van der Waals surface area (Å²) in [5.41, 5.74) is 1.51. The minimum Gasteiger partial charge on any atom is -0.454 e. The van der Waals surface area contributed by atoms with Gasteiger partial charge >= 0.3 is 0 Å². The number of amides is 1. The number of carbonyl (C=O) groups excluding carboxylic acids is 1. The lowest BCUT2D eigenvalue weighted by Crippen LogP contribution is -2.09.